The highest BCUT2D eigenvalue weighted by atomic mass is 15.1. The fourth-order valence-corrected chi connectivity index (χ4v) is 3.93. The van der Waals surface area contributed by atoms with Gasteiger partial charge in [0.05, 0.1) is 16.9 Å². The Kier molecular flexibility index (Phi) is 2.12. The molecule has 0 saturated heterocycles. The highest BCUT2D eigenvalue weighted by Gasteiger charge is 2.26. The summed E-state index contributed by atoms with van der Waals surface area (Å²) >= 11 is 0. The Labute approximate surface area is 137 Å². The molecule has 4 aromatic heterocycles. The van der Waals surface area contributed by atoms with Crippen molar-refractivity contribution in [3.05, 3.63) is 72.3 Å². The molecule has 0 atom stereocenters. The predicted molar refractivity (Wildman–Crippen MR) is 94.0 cm³/mol. The average molecular weight is 308 g/mol. The maximum Gasteiger partial charge on any atom is 0.164 e. The molecule has 4 heteroatoms. The van der Waals surface area contributed by atoms with E-state index >= 15 is 0 Å². The van der Waals surface area contributed by atoms with Gasteiger partial charge in [-0.2, -0.15) is 0 Å². The van der Waals surface area contributed by atoms with Crippen molar-refractivity contribution in [3.63, 3.8) is 0 Å². The summed E-state index contributed by atoms with van der Waals surface area (Å²) in [7, 11) is 0. The Hall–Kier alpha value is -3.27. The van der Waals surface area contributed by atoms with Crippen molar-refractivity contribution in [2.75, 3.05) is 0 Å². The molecule has 0 N–H and O–H groups in total. The molecule has 0 bridgehead atoms. The molecule has 4 nitrogen and oxygen atoms in total. The van der Waals surface area contributed by atoms with E-state index in [1.54, 1.807) is 0 Å². The normalized spacial score (nSPS) is 12.8. The van der Waals surface area contributed by atoms with Gasteiger partial charge in [0.25, 0.3) is 0 Å². The number of aromatic nitrogens is 4. The van der Waals surface area contributed by atoms with Crippen molar-refractivity contribution in [1.82, 2.24) is 19.4 Å². The van der Waals surface area contributed by atoms with Crippen molar-refractivity contribution in [2.24, 2.45) is 0 Å². The Morgan fingerprint density at radius 2 is 1.88 bits per heavy atom. The molecule has 0 saturated carbocycles. The van der Waals surface area contributed by atoms with E-state index in [0.29, 0.717) is 0 Å². The van der Waals surface area contributed by atoms with E-state index in [0.717, 1.165) is 39.6 Å². The van der Waals surface area contributed by atoms with Crippen LogP contribution < -0.4 is 0 Å². The zero-order valence-corrected chi connectivity index (χ0v) is 12.8. The highest BCUT2D eigenvalue weighted by molar-refractivity contribution is 6.10. The Morgan fingerprint density at radius 3 is 2.88 bits per heavy atom. The summed E-state index contributed by atoms with van der Waals surface area (Å²) < 4.78 is 2.26. The molecule has 112 valence electrons. The van der Waals surface area contributed by atoms with E-state index in [4.69, 9.17) is 4.98 Å². The van der Waals surface area contributed by atoms with E-state index in [9.17, 15) is 0 Å². The molecule has 1 aromatic carbocycles. The van der Waals surface area contributed by atoms with Gasteiger partial charge in [0.1, 0.15) is 5.52 Å². The van der Waals surface area contributed by atoms with Crippen LogP contribution in [-0.4, -0.2) is 19.4 Å². The second-order valence-corrected chi connectivity index (χ2v) is 6.19. The zero-order chi connectivity index (χ0) is 15.7. The fraction of sp³-hybridized carbons (Fsp3) is 0.0500. The molecule has 0 radical (unpaired) electrons. The molecule has 4 heterocycles. The first-order chi connectivity index (χ1) is 11.9. The number of pyridine rings is 3. The van der Waals surface area contributed by atoms with Crippen LogP contribution in [0.2, 0.25) is 0 Å². The third-order valence-corrected chi connectivity index (χ3v) is 4.93. The van der Waals surface area contributed by atoms with Gasteiger partial charge in [-0.3, -0.25) is 14.4 Å². The molecular formula is C20H12N4. The number of nitrogens with zero attached hydrogens (tertiary/aromatic N) is 4. The molecule has 5 aromatic rings. The van der Waals surface area contributed by atoms with E-state index in [1.165, 1.54) is 16.8 Å². The van der Waals surface area contributed by atoms with Gasteiger partial charge in [-0.25, -0.2) is 4.98 Å². The van der Waals surface area contributed by atoms with Gasteiger partial charge in [-0.15, -0.1) is 0 Å². The maximum absolute atomic E-state index is 4.97. The lowest BCUT2D eigenvalue weighted by molar-refractivity contribution is 1.16. The van der Waals surface area contributed by atoms with Crippen LogP contribution in [0.15, 0.2) is 61.1 Å². The molecule has 1 aliphatic carbocycles. The third-order valence-electron chi connectivity index (χ3n) is 4.93. The average Bonchev–Trinajstić information content (AvgIpc) is 3.18. The number of imidazole rings is 1. The van der Waals surface area contributed by atoms with Crippen LogP contribution in [-0.2, 0) is 6.42 Å². The summed E-state index contributed by atoms with van der Waals surface area (Å²) in [5.74, 6) is 0. The number of hydrogen-bond donors (Lipinski definition) is 0. The van der Waals surface area contributed by atoms with Crippen LogP contribution in [0, 0.1) is 0 Å². The number of benzene rings is 1. The summed E-state index contributed by atoms with van der Waals surface area (Å²) in [4.78, 5) is 13.9. The molecule has 0 fully saturated rings. The number of rotatable bonds is 0. The molecule has 0 unspecified atom stereocenters. The van der Waals surface area contributed by atoms with Gasteiger partial charge < -0.3 is 0 Å². The third kappa shape index (κ3) is 1.36. The summed E-state index contributed by atoms with van der Waals surface area (Å²) in [5, 5.41) is 2.21. The molecule has 24 heavy (non-hydrogen) atoms. The van der Waals surface area contributed by atoms with Gasteiger partial charge in [-0.1, -0.05) is 30.3 Å². The fourth-order valence-electron chi connectivity index (χ4n) is 3.93. The molecule has 6 rings (SSSR count). The summed E-state index contributed by atoms with van der Waals surface area (Å²) in [5.41, 5.74) is 7.94. The molecule has 1 aliphatic rings. The van der Waals surface area contributed by atoms with Gasteiger partial charge in [0.15, 0.2) is 5.65 Å². The first-order valence-electron chi connectivity index (χ1n) is 8.02. The molecule has 0 aliphatic heterocycles. The molecule has 0 spiro atoms. The quantitative estimate of drug-likeness (QED) is 0.398. The van der Waals surface area contributed by atoms with Crippen LogP contribution in [0.3, 0.4) is 0 Å². The largest absolute Gasteiger partial charge is 0.290 e. The van der Waals surface area contributed by atoms with Gasteiger partial charge in [-0.05, 0) is 17.7 Å². The minimum absolute atomic E-state index is 0.883. The highest BCUT2D eigenvalue weighted by Crippen LogP contribution is 2.40. The van der Waals surface area contributed by atoms with E-state index < -0.39 is 0 Å². The molecular weight excluding hydrogens is 296 g/mol. The number of fused-ring (bicyclic) bond motifs is 10. The zero-order valence-electron chi connectivity index (χ0n) is 12.8. The van der Waals surface area contributed by atoms with Gasteiger partial charge in [0, 0.05) is 41.3 Å². The van der Waals surface area contributed by atoms with Crippen molar-refractivity contribution >= 4 is 27.5 Å². The van der Waals surface area contributed by atoms with E-state index in [-0.39, 0.29) is 0 Å². The minimum Gasteiger partial charge on any atom is -0.290 e. The monoisotopic (exact) mass is 308 g/mol. The lowest BCUT2D eigenvalue weighted by atomic mass is 10.1. The summed E-state index contributed by atoms with van der Waals surface area (Å²) in [6.07, 6.45) is 6.48. The smallest absolute Gasteiger partial charge is 0.164 e. The number of hydrogen-bond acceptors (Lipinski definition) is 3. The van der Waals surface area contributed by atoms with Crippen molar-refractivity contribution in [1.29, 1.82) is 0 Å². The Bertz CT molecular complexity index is 1280. The van der Waals surface area contributed by atoms with Crippen LogP contribution in [0.1, 0.15) is 11.3 Å². The lowest BCUT2D eigenvalue weighted by Crippen LogP contribution is -1.95. The van der Waals surface area contributed by atoms with Crippen molar-refractivity contribution < 1.29 is 0 Å². The van der Waals surface area contributed by atoms with Gasteiger partial charge >= 0.3 is 0 Å². The van der Waals surface area contributed by atoms with E-state index in [1.807, 2.05) is 24.7 Å². The van der Waals surface area contributed by atoms with Crippen molar-refractivity contribution in [3.8, 4) is 11.3 Å². The molecule has 0 amide bonds. The maximum atomic E-state index is 4.97. The second kappa shape index (κ2) is 4.17. The van der Waals surface area contributed by atoms with Crippen LogP contribution in [0.25, 0.3) is 38.7 Å². The lowest BCUT2D eigenvalue weighted by Gasteiger charge is -2.09. The standard InChI is InChI=1S/C20H12N4/c1-2-5-13-12(4-1)10-16-19(13)24-17-7-9-21-11-15(17)14-6-3-8-22-18(14)20(24)23-16/h1-9,11H,10H2. The topological polar surface area (TPSA) is 43.1 Å². The van der Waals surface area contributed by atoms with Crippen LogP contribution in [0.4, 0.5) is 0 Å². The first kappa shape index (κ1) is 12.2. The van der Waals surface area contributed by atoms with Gasteiger partial charge in [0.2, 0.25) is 0 Å². The Morgan fingerprint density at radius 1 is 0.917 bits per heavy atom. The Balaban J connectivity index is 1.93. The van der Waals surface area contributed by atoms with Crippen LogP contribution >= 0.6 is 0 Å². The SMILES string of the molecule is c1ccc2c(c1)Cc1nc3c4ncccc4c4cnccc4n3c1-2. The van der Waals surface area contributed by atoms with Crippen molar-refractivity contribution in [2.45, 2.75) is 6.42 Å². The summed E-state index contributed by atoms with van der Waals surface area (Å²) in [6, 6.07) is 14.7. The second-order valence-electron chi connectivity index (χ2n) is 6.19. The minimum atomic E-state index is 0.883. The first-order valence-corrected chi connectivity index (χ1v) is 8.02. The van der Waals surface area contributed by atoms with Crippen LogP contribution in [0.5, 0.6) is 0 Å². The predicted octanol–water partition coefficient (Wildman–Crippen LogP) is 4.00. The van der Waals surface area contributed by atoms with E-state index in [2.05, 4.69) is 50.8 Å². The summed E-state index contributed by atoms with van der Waals surface area (Å²) in [6.45, 7) is 0.